The standard InChI is InChI=1S/C16H25NO2S/c1-11-17-13(10-20-11)9-16(14(18)19)7-5-12(6-8-16)15(2,3)4/h10,12H,5-9H2,1-4H3,(H,18,19). The Morgan fingerprint density at radius 1 is 1.45 bits per heavy atom. The maximum absolute atomic E-state index is 11.8. The Balaban J connectivity index is 2.11. The van der Waals surface area contributed by atoms with Gasteiger partial charge in [0.2, 0.25) is 0 Å². The van der Waals surface area contributed by atoms with Crippen molar-refractivity contribution in [3.8, 4) is 0 Å². The fourth-order valence-electron chi connectivity index (χ4n) is 3.34. The number of aromatic nitrogens is 1. The Labute approximate surface area is 125 Å². The molecule has 0 aromatic carbocycles. The third-order valence-corrected chi connectivity index (χ3v) is 5.63. The van der Waals surface area contributed by atoms with E-state index in [1.807, 2.05) is 12.3 Å². The lowest BCUT2D eigenvalue weighted by Gasteiger charge is -2.41. The van der Waals surface area contributed by atoms with Gasteiger partial charge in [-0.05, 0) is 43.9 Å². The molecule has 1 saturated carbocycles. The van der Waals surface area contributed by atoms with Gasteiger partial charge in [0.1, 0.15) is 0 Å². The van der Waals surface area contributed by atoms with Gasteiger partial charge in [-0.25, -0.2) is 4.98 Å². The molecule has 0 amide bonds. The highest BCUT2D eigenvalue weighted by Crippen LogP contribution is 2.47. The van der Waals surface area contributed by atoms with Crippen molar-refractivity contribution in [1.82, 2.24) is 4.98 Å². The SMILES string of the molecule is Cc1nc(CC2(C(=O)O)CCC(C(C)(C)C)CC2)cs1. The highest BCUT2D eigenvalue weighted by Gasteiger charge is 2.44. The van der Waals surface area contributed by atoms with Crippen LogP contribution >= 0.6 is 11.3 Å². The average molecular weight is 295 g/mol. The Kier molecular flexibility index (Phi) is 4.24. The molecule has 0 aliphatic heterocycles. The van der Waals surface area contributed by atoms with Crippen molar-refractivity contribution < 1.29 is 9.90 Å². The molecule has 1 heterocycles. The van der Waals surface area contributed by atoms with Crippen LogP contribution in [-0.4, -0.2) is 16.1 Å². The monoisotopic (exact) mass is 295 g/mol. The molecular formula is C16H25NO2S. The quantitative estimate of drug-likeness (QED) is 0.904. The van der Waals surface area contributed by atoms with Crippen LogP contribution in [0.4, 0.5) is 0 Å². The highest BCUT2D eigenvalue weighted by molar-refractivity contribution is 7.09. The summed E-state index contributed by atoms with van der Waals surface area (Å²) in [6.07, 6.45) is 4.17. The summed E-state index contributed by atoms with van der Waals surface area (Å²) < 4.78 is 0. The number of rotatable bonds is 3. The van der Waals surface area contributed by atoms with Crippen molar-refractivity contribution in [1.29, 1.82) is 0 Å². The lowest BCUT2D eigenvalue weighted by atomic mass is 9.63. The van der Waals surface area contributed by atoms with E-state index in [1.54, 1.807) is 11.3 Å². The second-order valence-corrected chi connectivity index (χ2v) is 8.32. The molecule has 1 aliphatic carbocycles. The zero-order chi connectivity index (χ0) is 15.0. The van der Waals surface area contributed by atoms with Gasteiger partial charge in [0.05, 0.1) is 16.1 Å². The molecule has 0 atom stereocenters. The van der Waals surface area contributed by atoms with Crippen molar-refractivity contribution in [2.75, 3.05) is 0 Å². The maximum Gasteiger partial charge on any atom is 0.310 e. The molecule has 1 N–H and O–H groups in total. The Bertz CT molecular complexity index is 479. The predicted molar refractivity (Wildman–Crippen MR) is 82.0 cm³/mol. The van der Waals surface area contributed by atoms with Gasteiger partial charge in [0, 0.05) is 11.8 Å². The van der Waals surface area contributed by atoms with Gasteiger partial charge in [-0.1, -0.05) is 20.8 Å². The minimum absolute atomic E-state index is 0.280. The highest BCUT2D eigenvalue weighted by atomic mass is 32.1. The van der Waals surface area contributed by atoms with Crippen molar-refractivity contribution in [3.63, 3.8) is 0 Å². The van der Waals surface area contributed by atoms with E-state index in [9.17, 15) is 9.90 Å². The van der Waals surface area contributed by atoms with Crippen LogP contribution in [0.15, 0.2) is 5.38 Å². The zero-order valence-electron chi connectivity index (χ0n) is 12.9. The fraction of sp³-hybridized carbons (Fsp3) is 0.750. The first-order valence-corrected chi connectivity index (χ1v) is 8.25. The van der Waals surface area contributed by atoms with E-state index in [0.717, 1.165) is 36.4 Å². The van der Waals surface area contributed by atoms with Gasteiger partial charge >= 0.3 is 5.97 Å². The Hall–Kier alpha value is -0.900. The van der Waals surface area contributed by atoms with Crippen molar-refractivity contribution >= 4 is 17.3 Å². The molecule has 0 unspecified atom stereocenters. The third kappa shape index (κ3) is 3.22. The van der Waals surface area contributed by atoms with Gasteiger partial charge in [0.15, 0.2) is 0 Å². The fourth-order valence-corrected chi connectivity index (χ4v) is 3.95. The summed E-state index contributed by atoms with van der Waals surface area (Å²) >= 11 is 1.60. The zero-order valence-corrected chi connectivity index (χ0v) is 13.7. The van der Waals surface area contributed by atoms with Crippen LogP contribution in [0.2, 0.25) is 0 Å². The molecular weight excluding hydrogens is 270 g/mol. The van der Waals surface area contributed by atoms with Crippen LogP contribution in [0.5, 0.6) is 0 Å². The number of hydrogen-bond acceptors (Lipinski definition) is 3. The molecule has 1 aliphatic rings. The minimum atomic E-state index is -0.643. The van der Waals surface area contributed by atoms with Crippen LogP contribution in [0.3, 0.4) is 0 Å². The smallest absolute Gasteiger partial charge is 0.310 e. The van der Waals surface area contributed by atoms with Crippen molar-refractivity contribution in [3.05, 3.63) is 16.1 Å². The molecule has 112 valence electrons. The first-order chi connectivity index (χ1) is 9.23. The summed E-state index contributed by atoms with van der Waals surface area (Å²) in [6, 6.07) is 0. The predicted octanol–water partition coefficient (Wildman–Crippen LogP) is 4.30. The molecule has 0 spiro atoms. The van der Waals surface area contributed by atoms with E-state index >= 15 is 0 Å². The summed E-state index contributed by atoms with van der Waals surface area (Å²) in [5, 5.41) is 12.7. The first-order valence-electron chi connectivity index (χ1n) is 7.37. The van der Waals surface area contributed by atoms with Crippen molar-refractivity contribution in [2.24, 2.45) is 16.7 Å². The summed E-state index contributed by atoms with van der Waals surface area (Å²) in [5.74, 6) is -0.0114. The molecule has 1 fully saturated rings. The summed E-state index contributed by atoms with van der Waals surface area (Å²) in [5.41, 5.74) is 0.633. The average Bonchev–Trinajstić information content (AvgIpc) is 2.74. The molecule has 1 aromatic rings. The summed E-state index contributed by atoms with van der Waals surface area (Å²) in [4.78, 5) is 16.3. The molecule has 1 aromatic heterocycles. The first kappa shape index (κ1) is 15.5. The number of carboxylic acids is 1. The molecule has 20 heavy (non-hydrogen) atoms. The van der Waals surface area contributed by atoms with E-state index in [1.165, 1.54) is 0 Å². The topological polar surface area (TPSA) is 50.2 Å². The van der Waals surface area contributed by atoms with Crippen LogP contribution in [-0.2, 0) is 11.2 Å². The maximum atomic E-state index is 11.8. The van der Waals surface area contributed by atoms with E-state index in [2.05, 4.69) is 25.8 Å². The second kappa shape index (κ2) is 5.47. The molecule has 0 radical (unpaired) electrons. The molecule has 3 nitrogen and oxygen atoms in total. The van der Waals surface area contributed by atoms with Gasteiger partial charge in [-0.15, -0.1) is 11.3 Å². The van der Waals surface area contributed by atoms with Gasteiger partial charge in [0.25, 0.3) is 0 Å². The number of hydrogen-bond donors (Lipinski definition) is 1. The van der Waals surface area contributed by atoms with E-state index in [0.29, 0.717) is 12.3 Å². The van der Waals surface area contributed by atoms with E-state index in [4.69, 9.17) is 0 Å². The molecule has 2 rings (SSSR count). The lowest BCUT2D eigenvalue weighted by Crippen LogP contribution is -2.39. The van der Waals surface area contributed by atoms with Crippen LogP contribution < -0.4 is 0 Å². The van der Waals surface area contributed by atoms with Gasteiger partial charge in [-0.2, -0.15) is 0 Å². The van der Waals surface area contributed by atoms with Crippen molar-refractivity contribution in [2.45, 2.75) is 59.8 Å². The van der Waals surface area contributed by atoms with Gasteiger partial charge < -0.3 is 5.11 Å². The van der Waals surface area contributed by atoms with Gasteiger partial charge in [-0.3, -0.25) is 4.79 Å². The number of aryl methyl sites for hydroxylation is 1. The largest absolute Gasteiger partial charge is 0.481 e. The number of nitrogens with zero attached hydrogens (tertiary/aromatic N) is 1. The number of carboxylic acid groups (broad SMARTS) is 1. The number of carbonyl (C=O) groups is 1. The van der Waals surface area contributed by atoms with Crippen LogP contribution in [0, 0.1) is 23.7 Å². The van der Waals surface area contributed by atoms with E-state index in [-0.39, 0.29) is 5.41 Å². The molecule has 0 bridgehead atoms. The minimum Gasteiger partial charge on any atom is -0.481 e. The lowest BCUT2D eigenvalue weighted by molar-refractivity contribution is -0.152. The second-order valence-electron chi connectivity index (χ2n) is 7.26. The third-order valence-electron chi connectivity index (χ3n) is 4.81. The number of aliphatic carboxylic acids is 1. The summed E-state index contributed by atoms with van der Waals surface area (Å²) in [6.45, 7) is 8.75. The Morgan fingerprint density at radius 2 is 2.05 bits per heavy atom. The molecule has 4 heteroatoms. The number of thiazole rings is 1. The normalized spacial score (nSPS) is 27.5. The van der Waals surface area contributed by atoms with Crippen LogP contribution in [0.25, 0.3) is 0 Å². The molecule has 0 saturated heterocycles. The van der Waals surface area contributed by atoms with E-state index < -0.39 is 11.4 Å². The summed E-state index contributed by atoms with van der Waals surface area (Å²) in [7, 11) is 0. The Morgan fingerprint density at radius 3 is 2.45 bits per heavy atom. The van der Waals surface area contributed by atoms with Crippen LogP contribution in [0.1, 0.15) is 57.2 Å².